The van der Waals surface area contributed by atoms with E-state index in [0.717, 1.165) is 22.6 Å². The lowest BCUT2D eigenvalue weighted by Crippen LogP contribution is -1.83. The van der Waals surface area contributed by atoms with E-state index >= 15 is 0 Å². The first kappa shape index (κ1) is 11.7. The van der Waals surface area contributed by atoms with Gasteiger partial charge in [-0.3, -0.25) is 0 Å². The van der Waals surface area contributed by atoms with Gasteiger partial charge in [-0.15, -0.1) is 0 Å². The van der Waals surface area contributed by atoms with Crippen molar-refractivity contribution in [3.05, 3.63) is 48.7 Å². The summed E-state index contributed by atoms with van der Waals surface area (Å²) in [6, 6.07) is 14.1. The molecule has 96 valence electrons. The van der Waals surface area contributed by atoms with Crippen LogP contribution in [0.25, 0.3) is 22.0 Å². The highest BCUT2D eigenvalue weighted by Gasteiger charge is 2.07. The first-order valence-electron chi connectivity index (χ1n) is 6.11. The number of hydrogen-bond donors (Lipinski definition) is 1. The lowest BCUT2D eigenvalue weighted by molar-refractivity contribution is 0.415. The molecule has 3 rings (SSSR count). The number of aromatic nitrogens is 1. The fourth-order valence-corrected chi connectivity index (χ4v) is 2.24. The zero-order chi connectivity index (χ0) is 13.2. The normalized spacial score (nSPS) is 10.6. The molecule has 0 radical (unpaired) electrons. The molecule has 3 aromatic rings. The summed E-state index contributed by atoms with van der Waals surface area (Å²) >= 11 is 0. The molecule has 3 heteroatoms. The number of hydrogen-bond acceptors (Lipinski definition) is 2. The van der Waals surface area contributed by atoms with Crippen LogP contribution < -0.4 is 9.47 Å². The molecular weight excluding hydrogens is 238 g/mol. The van der Waals surface area contributed by atoms with Crippen molar-refractivity contribution in [2.45, 2.75) is 0 Å². The maximum Gasteiger partial charge on any atom is 0.120 e. The Balaban J connectivity index is 2.09. The highest BCUT2D eigenvalue weighted by atomic mass is 16.5. The van der Waals surface area contributed by atoms with Gasteiger partial charge in [0.2, 0.25) is 0 Å². The minimum Gasteiger partial charge on any atom is -0.497 e. The zero-order valence-corrected chi connectivity index (χ0v) is 10.9. The molecule has 19 heavy (non-hydrogen) atoms. The Kier molecular flexibility index (Phi) is 2.88. The molecule has 0 saturated heterocycles. The minimum atomic E-state index is 0.857. The predicted molar refractivity (Wildman–Crippen MR) is 76.8 cm³/mol. The minimum absolute atomic E-state index is 0.857. The Morgan fingerprint density at radius 2 is 1.53 bits per heavy atom. The molecule has 2 aromatic carbocycles. The van der Waals surface area contributed by atoms with Crippen LogP contribution in [0.2, 0.25) is 0 Å². The monoisotopic (exact) mass is 253 g/mol. The van der Waals surface area contributed by atoms with Gasteiger partial charge in [-0.2, -0.15) is 0 Å². The maximum absolute atomic E-state index is 5.23. The molecule has 1 N–H and O–H groups in total. The second kappa shape index (κ2) is 4.69. The molecule has 0 spiro atoms. The molecule has 0 bridgehead atoms. The Morgan fingerprint density at radius 3 is 2.21 bits per heavy atom. The molecule has 0 atom stereocenters. The standard InChI is InChI=1S/C16H15NO2/c1-18-12-5-3-11(4-6-12)15-10-17-16-9-13(19-2)7-8-14(15)16/h3-10,17H,1-2H3. The fraction of sp³-hybridized carbons (Fsp3) is 0.125. The van der Waals surface area contributed by atoms with E-state index in [0.29, 0.717) is 0 Å². The lowest BCUT2D eigenvalue weighted by atomic mass is 10.0. The fourth-order valence-electron chi connectivity index (χ4n) is 2.24. The van der Waals surface area contributed by atoms with Gasteiger partial charge in [-0.05, 0) is 29.8 Å². The van der Waals surface area contributed by atoms with Crippen molar-refractivity contribution in [1.82, 2.24) is 4.98 Å². The van der Waals surface area contributed by atoms with Crippen LogP contribution in [0.5, 0.6) is 11.5 Å². The molecule has 1 heterocycles. The number of ether oxygens (including phenoxy) is 2. The van der Waals surface area contributed by atoms with E-state index in [-0.39, 0.29) is 0 Å². The Hall–Kier alpha value is -2.42. The van der Waals surface area contributed by atoms with Crippen LogP contribution in [0, 0.1) is 0 Å². The van der Waals surface area contributed by atoms with Crippen molar-refractivity contribution in [3.63, 3.8) is 0 Å². The first-order valence-corrected chi connectivity index (χ1v) is 6.11. The molecule has 0 aliphatic carbocycles. The van der Waals surface area contributed by atoms with Crippen molar-refractivity contribution < 1.29 is 9.47 Å². The highest BCUT2D eigenvalue weighted by molar-refractivity contribution is 5.96. The largest absolute Gasteiger partial charge is 0.497 e. The summed E-state index contributed by atoms with van der Waals surface area (Å²) in [7, 11) is 3.35. The zero-order valence-electron chi connectivity index (χ0n) is 10.9. The SMILES string of the molecule is COc1ccc(-c2c[nH]c3cc(OC)ccc23)cc1. The van der Waals surface area contributed by atoms with Crippen molar-refractivity contribution in [3.8, 4) is 22.6 Å². The van der Waals surface area contributed by atoms with Gasteiger partial charge in [0.25, 0.3) is 0 Å². The van der Waals surface area contributed by atoms with Crippen LogP contribution in [0.1, 0.15) is 0 Å². The summed E-state index contributed by atoms with van der Waals surface area (Å²) in [5.74, 6) is 1.72. The van der Waals surface area contributed by atoms with Crippen LogP contribution in [0.4, 0.5) is 0 Å². The number of methoxy groups -OCH3 is 2. The van der Waals surface area contributed by atoms with Crippen LogP contribution >= 0.6 is 0 Å². The van der Waals surface area contributed by atoms with Crippen molar-refractivity contribution in [2.75, 3.05) is 14.2 Å². The van der Waals surface area contributed by atoms with Gasteiger partial charge in [0.15, 0.2) is 0 Å². The Bertz CT molecular complexity index is 698. The van der Waals surface area contributed by atoms with Crippen LogP contribution in [-0.4, -0.2) is 19.2 Å². The average Bonchev–Trinajstić information content (AvgIpc) is 2.90. The Labute approximate surface area is 111 Å². The summed E-state index contributed by atoms with van der Waals surface area (Å²) < 4.78 is 10.4. The number of rotatable bonds is 3. The van der Waals surface area contributed by atoms with Crippen molar-refractivity contribution in [2.24, 2.45) is 0 Å². The second-order valence-electron chi connectivity index (χ2n) is 4.34. The van der Waals surface area contributed by atoms with E-state index < -0.39 is 0 Å². The van der Waals surface area contributed by atoms with Gasteiger partial charge in [-0.25, -0.2) is 0 Å². The first-order chi connectivity index (χ1) is 9.31. The summed E-state index contributed by atoms with van der Waals surface area (Å²) in [6.45, 7) is 0. The number of nitrogens with one attached hydrogen (secondary N) is 1. The highest BCUT2D eigenvalue weighted by Crippen LogP contribution is 2.31. The molecular formula is C16H15NO2. The van der Waals surface area contributed by atoms with E-state index in [2.05, 4.69) is 23.2 Å². The molecule has 0 unspecified atom stereocenters. The van der Waals surface area contributed by atoms with Gasteiger partial charge in [0.05, 0.1) is 14.2 Å². The van der Waals surface area contributed by atoms with Gasteiger partial charge in [-0.1, -0.05) is 12.1 Å². The quantitative estimate of drug-likeness (QED) is 0.769. The Morgan fingerprint density at radius 1 is 0.842 bits per heavy atom. The van der Waals surface area contributed by atoms with Crippen molar-refractivity contribution in [1.29, 1.82) is 0 Å². The molecule has 0 aliphatic rings. The van der Waals surface area contributed by atoms with E-state index in [1.165, 1.54) is 10.9 Å². The molecule has 3 nitrogen and oxygen atoms in total. The molecule has 0 aliphatic heterocycles. The topological polar surface area (TPSA) is 34.2 Å². The van der Waals surface area contributed by atoms with Crippen molar-refractivity contribution >= 4 is 10.9 Å². The van der Waals surface area contributed by atoms with Crippen LogP contribution in [-0.2, 0) is 0 Å². The molecule has 0 amide bonds. The van der Waals surface area contributed by atoms with Gasteiger partial charge >= 0.3 is 0 Å². The number of aromatic amines is 1. The lowest BCUT2D eigenvalue weighted by Gasteiger charge is -2.03. The van der Waals surface area contributed by atoms with E-state index in [1.54, 1.807) is 14.2 Å². The van der Waals surface area contributed by atoms with Crippen LogP contribution in [0.3, 0.4) is 0 Å². The van der Waals surface area contributed by atoms with E-state index in [9.17, 15) is 0 Å². The van der Waals surface area contributed by atoms with E-state index in [4.69, 9.17) is 9.47 Å². The number of H-pyrrole nitrogens is 1. The third-order valence-electron chi connectivity index (χ3n) is 3.29. The summed E-state index contributed by atoms with van der Waals surface area (Å²) in [5.41, 5.74) is 3.42. The number of fused-ring (bicyclic) bond motifs is 1. The predicted octanol–water partition coefficient (Wildman–Crippen LogP) is 3.85. The number of benzene rings is 2. The average molecular weight is 253 g/mol. The van der Waals surface area contributed by atoms with Gasteiger partial charge in [0.1, 0.15) is 11.5 Å². The third-order valence-corrected chi connectivity index (χ3v) is 3.29. The second-order valence-corrected chi connectivity index (χ2v) is 4.34. The molecule has 0 fully saturated rings. The molecule has 1 aromatic heterocycles. The smallest absolute Gasteiger partial charge is 0.120 e. The summed E-state index contributed by atoms with van der Waals surface area (Å²) in [4.78, 5) is 3.28. The summed E-state index contributed by atoms with van der Waals surface area (Å²) in [6.07, 6.45) is 2.02. The van der Waals surface area contributed by atoms with Crippen LogP contribution in [0.15, 0.2) is 48.7 Å². The van der Waals surface area contributed by atoms with Gasteiger partial charge in [0, 0.05) is 28.7 Å². The summed E-state index contributed by atoms with van der Waals surface area (Å²) in [5, 5.41) is 1.19. The maximum atomic E-state index is 5.23. The van der Waals surface area contributed by atoms with Gasteiger partial charge < -0.3 is 14.5 Å². The third kappa shape index (κ3) is 2.03. The molecule has 0 saturated carbocycles. The van der Waals surface area contributed by atoms with E-state index in [1.807, 2.05) is 30.5 Å².